The topological polar surface area (TPSA) is 62.2 Å². The van der Waals surface area contributed by atoms with Gasteiger partial charge in [-0.1, -0.05) is 51.1 Å². The number of halogens is 1. The van der Waals surface area contributed by atoms with Gasteiger partial charge in [-0.05, 0) is 24.5 Å². The van der Waals surface area contributed by atoms with Crippen molar-refractivity contribution in [3.05, 3.63) is 22.8 Å². The smallest absolute Gasteiger partial charge is 0.339 e. The minimum atomic E-state index is -0.992. The Hall–Kier alpha value is -1.29. The van der Waals surface area contributed by atoms with E-state index in [1.54, 1.807) is 0 Å². The summed E-state index contributed by atoms with van der Waals surface area (Å²) in [6.07, 6.45) is 5.89. The normalized spacial score (nSPS) is 10.8. The van der Waals surface area contributed by atoms with Gasteiger partial charge in [-0.25, -0.2) is 9.78 Å². The van der Waals surface area contributed by atoms with Crippen molar-refractivity contribution in [2.45, 2.75) is 46.0 Å². The fourth-order valence-corrected chi connectivity index (χ4v) is 2.13. The first-order chi connectivity index (χ1) is 9.50. The average molecular weight is 299 g/mol. The molecule has 0 aliphatic rings. The summed E-state index contributed by atoms with van der Waals surface area (Å²) in [5.41, 5.74) is 0.161. The zero-order valence-electron chi connectivity index (χ0n) is 12.2. The van der Waals surface area contributed by atoms with E-state index < -0.39 is 5.97 Å². The van der Waals surface area contributed by atoms with Crippen LogP contribution in [0, 0.1) is 5.92 Å². The Morgan fingerprint density at radius 1 is 1.30 bits per heavy atom. The molecule has 1 aromatic rings. The van der Waals surface area contributed by atoms with Crippen molar-refractivity contribution < 1.29 is 9.90 Å². The lowest BCUT2D eigenvalue weighted by Crippen LogP contribution is -2.09. The predicted molar refractivity (Wildman–Crippen MR) is 82.6 cm³/mol. The van der Waals surface area contributed by atoms with Gasteiger partial charge in [0.05, 0.1) is 0 Å². The van der Waals surface area contributed by atoms with Gasteiger partial charge >= 0.3 is 5.97 Å². The van der Waals surface area contributed by atoms with E-state index in [9.17, 15) is 4.79 Å². The van der Waals surface area contributed by atoms with Gasteiger partial charge in [0.1, 0.15) is 16.5 Å². The second kappa shape index (κ2) is 8.80. The summed E-state index contributed by atoms with van der Waals surface area (Å²) >= 11 is 5.79. The van der Waals surface area contributed by atoms with Crippen molar-refractivity contribution in [3.63, 3.8) is 0 Å². The molecule has 5 heteroatoms. The van der Waals surface area contributed by atoms with E-state index in [1.807, 2.05) is 0 Å². The highest BCUT2D eigenvalue weighted by molar-refractivity contribution is 6.29. The fourth-order valence-electron chi connectivity index (χ4n) is 1.98. The quantitative estimate of drug-likeness (QED) is 0.522. The number of rotatable bonds is 9. The Balaban J connectivity index is 2.31. The molecule has 0 spiro atoms. The van der Waals surface area contributed by atoms with Gasteiger partial charge in [0.25, 0.3) is 0 Å². The van der Waals surface area contributed by atoms with Gasteiger partial charge in [-0.3, -0.25) is 0 Å². The Morgan fingerprint density at radius 2 is 2.00 bits per heavy atom. The van der Waals surface area contributed by atoms with Crippen LogP contribution in [0.2, 0.25) is 5.15 Å². The third-order valence-corrected chi connectivity index (χ3v) is 3.30. The van der Waals surface area contributed by atoms with Crippen molar-refractivity contribution in [1.82, 2.24) is 4.98 Å². The van der Waals surface area contributed by atoms with Gasteiger partial charge in [0, 0.05) is 6.54 Å². The molecule has 1 heterocycles. The maximum atomic E-state index is 11.0. The van der Waals surface area contributed by atoms with Gasteiger partial charge < -0.3 is 10.4 Å². The van der Waals surface area contributed by atoms with Crippen LogP contribution in [0.25, 0.3) is 0 Å². The van der Waals surface area contributed by atoms with Gasteiger partial charge in [0.15, 0.2) is 0 Å². The zero-order valence-corrected chi connectivity index (χ0v) is 12.9. The molecule has 20 heavy (non-hydrogen) atoms. The predicted octanol–water partition coefficient (Wildman–Crippen LogP) is 4.45. The van der Waals surface area contributed by atoms with Crippen LogP contribution < -0.4 is 5.32 Å². The second-order valence-electron chi connectivity index (χ2n) is 5.36. The molecular weight excluding hydrogens is 276 g/mol. The molecule has 0 saturated heterocycles. The number of carbonyl (C=O) groups is 1. The average Bonchev–Trinajstić information content (AvgIpc) is 2.37. The van der Waals surface area contributed by atoms with Gasteiger partial charge in [-0.2, -0.15) is 0 Å². The number of hydrogen-bond donors (Lipinski definition) is 2. The summed E-state index contributed by atoms with van der Waals surface area (Å²) in [7, 11) is 0. The summed E-state index contributed by atoms with van der Waals surface area (Å²) in [5, 5.41) is 12.4. The molecule has 0 saturated carbocycles. The number of aromatic carboxylic acids is 1. The summed E-state index contributed by atoms with van der Waals surface area (Å²) in [6.45, 7) is 5.19. The number of carboxylic acid groups (broad SMARTS) is 1. The van der Waals surface area contributed by atoms with Crippen LogP contribution in [0.1, 0.15) is 56.3 Å². The monoisotopic (exact) mass is 298 g/mol. The van der Waals surface area contributed by atoms with Crippen LogP contribution in [-0.2, 0) is 0 Å². The first-order valence-electron chi connectivity index (χ1n) is 7.14. The molecule has 0 aromatic carbocycles. The lowest BCUT2D eigenvalue weighted by molar-refractivity contribution is 0.0697. The number of nitrogens with zero attached hydrogens (tertiary/aromatic N) is 1. The first-order valence-corrected chi connectivity index (χ1v) is 7.52. The Kier molecular flexibility index (Phi) is 7.37. The van der Waals surface area contributed by atoms with Crippen molar-refractivity contribution >= 4 is 23.4 Å². The lowest BCUT2D eigenvalue weighted by Gasteiger charge is -2.09. The zero-order chi connectivity index (χ0) is 15.0. The van der Waals surface area contributed by atoms with E-state index in [0.717, 1.165) is 25.3 Å². The standard InChI is InChI=1S/C15H23ClN2O2/c1-11(2)7-5-3-4-6-10-17-14-12(15(19)20)8-9-13(16)18-14/h8-9,11H,3-7,10H2,1-2H3,(H,17,18)(H,19,20). The van der Waals surface area contributed by atoms with Crippen molar-refractivity contribution in [3.8, 4) is 0 Å². The minimum Gasteiger partial charge on any atom is -0.478 e. The van der Waals surface area contributed by atoms with E-state index in [2.05, 4.69) is 24.1 Å². The molecule has 1 rings (SSSR count). The summed E-state index contributed by atoms with van der Waals surface area (Å²) in [6, 6.07) is 2.96. The maximum absolute atomic E-state index is 11.0. The van der Waals surface area contributed by atoms with Gasteiger partial charge in [-0.15, -0.1) is 0 Å². The molecule has 0 bridgehead atoms. The molecule has 0 radical (unpaired) electrons. The van der Waals surface area contributed by atoms with Crippen molar-refractivity contribution in [2.75, 3.05) is 11.9 Å². The molecule has 0 aliphatic heterocycles. The highest BCUT2D eigenvalue weighted by atomic mass is 35.5. The number of hydrogen-bond acceptors (Lipinski definition) is 3. The third-order valence-electron chi connectivity index (χ3n) is 3.09. The van der Waals surface area contributed by atoms with E-state index in [1.165, 1.54) is 31.4 Å². The number of pyridine rings is 1. The van der Waals surface area contributed by atoms with E-state index in [4.69, 9.17) is 16.7 Å². The summed E-state index contributed by atoms with van der Waals surface area (Å²) in [4.78, 5) is 15.1. The van der Waals surface area contributed by atoms with Crippen LogP contribution in [0.4, 0.5) is 5.82 Å². The maximum Gasteiger partial charge on any atom is 0.339 e. The van der Waals surface area contributed by atoms with Crippen LogP contribution in [-0.4, -0.2) is 22.6 Å². The molecule has 0 aliphatic carbocycles. The third kappa shape index (κ3) is 6.24. The van der Waals surface area contributed by atoms with Crippen molar-refractivity contribution in [2.24, 2.45) is 5.92 Å². The van der Waals surface area contributed by atoms with Crippen LogP contribution >= 0.6 is 11.6 Å². The van der Waals surface area contributed by atoms with E-state index in [0.29, 0.717) is 11.0 Å². The largest absolute Gasteiger partial charge is 0.478 e. The molecule has 4 nitrogen and oxygen atoms in total. The molecule has 2 N–H and O–H groups in total. The number of anilines is 1. The highest BCUT2D eigenvalue weighted by Crippen LogP contribution is 2.17. The Morgan fingerprint density at radius 3 is 2.65 bits per heavy atom. The lowest BCUT2D eigenvalue weighted by atomic mass is 10.0. The summed E-state index contributed by atoms with van der Waals surface area (Å²) < 4.78 is 0. The number of aromatic nitrogens is 1. The number of unbranched alkanes of at least 4 members (excludes halogenated alkanes) is 3. The Bertz CT molecular complexity index is 436. The van der Waals surface area contributed by atoms with E-state index >= 15 is 0 Å². The van der Waals surface area contributed by atoms with Crippen molar-refractivity contribution in [1.29, 1.82) is 0 Å². The molecular formula is C15H23ClN2O2. The van der Waals surface area contributed by atoms with Crippen LogP contribution in [0.15, 0.2) is 12.1 Å². The van der Waals surface area contributed by atoms with Gasteiger partial charge in [0.2, 0.25) is 0 Å². The molecule has 0 fully saturated rings. The molecule has 112 valence electrons. The number of nitrogens with one attached hydrogen (secondary N) is 1. The van der Waals surface area contributed by atoms with Crippen LogP contribution in [0.3, 0.4) is 0 Å². The second-order valence-corrected chi connectivity index (χ2v) is 5.75. The van der Waals surface area contributed by atoms with Crippen LogP contribution in [0.5, 0.6) is 0 Å². The first kappa shape index (κ1) is 16.8. The fraction of sp³-hybridized carbons (Fsp3) is 0.600. The SMILES string of the molecule is CC(C)CCCCCCNc1nc(Cl)ccc1C(=O)O. The molecule has 0 amide bonds. The summed E-state index contributed by atoms with van der Waals surface area (Å²) in [5.74, 6) is 0.127. The molecule has 0 atom stereocenters. The minimum absolute atomic E-state index is 0.161. The number of carboxylic acids is 1. The molecule has 0 unspecified atom stereocenters. The molecule has 1 aromatic heterocycles. The highest BCUT2D eigenvalue weighted by Gasteiger charge is 2.11. The van der Waals surface area contributed by atoms with E-state index in [-0.39, 0.29) is 5.56 Å². The Labute approximate surface area is 125 Å².